The summed E-state index contributed by atoms with van der Waals surface area (Å²) in [6.07, 6.45) is 0. The summed E-state index contributed by atoms with van der Waals surface area (Å²) in [5.41, 5.74) is 0.726. The SMILES string of the molecule is COc1ccc(NC(=S)NCC[NH+]2CCOCC2)cc1O. The van der Waals surface area contributed by atoms with Crippen LogP contribution in [0.15, 0.2) is 18.2 Å². The van der Waals surface area contributed by atoms with E-state index in [1.165, 1.54) is 12.0 Å². The first-order valence-corrected chi connectivity index (χ1v) is 7.43. The average molecular weight is 312 g/mol. The third kappa shape index (κ3) is 5.04. The van der Waals surface area contributed by atoms with Crippen molar-refractivity contribution in [1.82, 2.24) is 5.32 Å². The van der Waals surface area contributed by atoms with Gasteiger partial charge in [0, 0.05) is 11.8 Å². The summed E-state index contributed by atoms with van der Waals surface area (Å²) < 4.78 is 10.3. The van der Waals surface area contributed by atoms with Crippen molar-refractivity contribution in [3.8, 4) is 11.5 Å². The number of anilines is 1. The zero-order valence-electron chi connectivity index (χ0n) is 12.1. The molecule has 2 rings (SSSR count). The molecule has 116 valence electrons. The Labute approximate surface area is 130 Å². The minimum absolute atomic E-state index is 0.0862. The van der Waals surface area contributed by atoms with E-state index < -0.39 is 0 Å². The Morgan fingerprint density at radius 1 is 1.43 bits per heavy atom. The van der Waals surface area contributed by atoms with Crippen molar-refractivity contribution in [1.29, 1.82) is 0 Å². The molecule has 1 aliphatic heterocycles. The zero-order valence-corrected chi connectivity index (χ0v) is 13.0. The summed E-state index contributed by atoms with van der Waals surface area (Å²) in [6.45, 7) is 5.59. The highest BCUT2D eigenvalue weighted by Crippen LogP contribution is 2.28. The molecule has 1 aromatic carbocycles. The van der Waals surface area contributed by atoms with E-state index in [9.17, 15) is 5.11 Å². The lowest BCUT2D eigenvalue weighted by atomic mass is 10.3. The van der Waals surface area contributed by atoms with E-state index in [2.05, 4.69) is 10.6 Å². The minimum Gasteiger partial charge on any atom is -0.504 e. The lowest BCUT2D eigenvalue weighted by Crippen LogP contribution is -3.14. The molecule has 1 aromatic rings. The molecule has 0 aliphatic carbocycles. The molecule has 0 saturated carbocycles. The van der Waals surface area contributed by atoms with Gasteiger partial charge in [0.2, 0.25) is 0 Å². The second-order valence-electron chi connectivity index (χ2n) is 4.88. The van der Waals surface area contributed by atoms with Crippen molar-refractivity contribution >= 4 is 23.0 Å². The molecule has 1 heterocycles. The van der Waals surface area contributed by atoms with Crippen molar-refractivity contribution in [2.75, 3.05) is 51.8 Å². The van der Waals surface area contributed by atoms with Crippen LogP contribution in [0, 0.1) is 0 Å². The number of methoxy groups -OCH3 is 1. The van der Waals surface area contributed by atoms with Crippen molar-refractivity contribution in [3.05, 3.63) is 18.2 Å². The van der Waals surface area contributed by atoms with Crippen LogP contribution in [0.4, 0.5) is 5.69 Å². The first kappa shape index (κ1) is 15.8. The minimum atomic E-state index is 0.0862. The van der Waals surface area contributed by atoms with E-state index in [1.807, 2.05) is 0 Å². The Bertz CT molecular complexity index is 479. The highest BCUT2D eigenvalue weighted by molar-refractivity contribution is 7.80. The number of hydrogen-bond donors (Lipinski definition) is 4. The van der Waals surface area contributed by atoms with E-state index in [1.54, 1.807) is 18.2 Å². The Kier molecular flexibility index (Phi) is 6.04. The molecule has 4 N–H and O–H groups in total. The molecular weight excluding hydrogens is 290 g/mol. The number of phenolic OH excluding ortho intramolecular Hbond substituents is 1. The highest BCUT2D eigenvalue weighted by atomic mass is 32.1. The fourth-order valence-electron chi connectivity index (χ4n) is 2.21. The maximum Gasteiger partial charge on any atom is 0.170 e. The largest absolute Gasteiger partial charge is 0.504 e. The summed E-state index contributed by atoms with van der Waals surface area (Å²) in [5, 5.41) is 16.5. The molecule has 0 unspecified atom stereocenters. The number of benzene rings is 1. The number of thiocarbonyl (C=S) groups is 1. The lowest BCUT2D eigenvalue weighted by Gasteiger charge is -2.24. The summed E-state index contributed by atoms with van der Waals surface area (Å²) in [5.74, 6) is 0.526. The third-order valence-electron chi connectivity index (χ3n) is 3.40. The molecule has 0 radical (unpaired) electrons. The van der Waals surface area contributed by atoms with Crippen molar-refractivity contribution in [3.63, 3.8) is 0 Å². The third-order valence-corrected chi connectivity index (χ3v) is 3.65. The van der Waals surface area contributed by atoms with E-state index in [0.717, 1.165) is 45.1 Å². The normalized spacial score (nSPS) is 15.5. The number of morpholine rings is 1. The van der Waals surface area contributed by atoms with Crippen LogP contribution in [-0.2, 0) is 4.74 Å². The topological polar surface area (TPSA) is 67.2 Å². The molecule has 0 spiro atoms. The zero-order chi connectivity index (χ0) is 15.1. The van der Waals surface area contributed by atoms with Gasteiger partial charge < -0.3 is 30.1 Å². The van der Waals surface area contributed by atoms with Crippen molar-refractivity contribution < 1.29 is 19.5 Å². The summed E-state index contributed by atoms with van der Waals surface area (Å²) in [4.78, 5) is 1.53. The van der Waals surface area contributed by atoms with E-state index in [-0.39, 0.29) is 5.75 Å². The van der Waals surface area contributed by atoms with Crippen LogP contribution in [0.5, 0.6) is 11.5 Å². The monoisotopic (exact) mass is 312 g/mol. The highest BCUT2D eigenvalue weighted by Gasteiger charge is 2.13. The Morgan fingerprint density at radius 3 is 2.86 bits per heavy atom. The van der Waals surface area contributed by atoms with Gasteiger partial charge in [-0.2, -0.15) is 0 Å². The predicted octanol–water partition coefficient (Wildman–Crippen LogP) is -0.398. The fraction of sp³-hybridized carbons (Fsp3) is 0.500. The molecule has 1 aliphatic rings. The Hall–Kier alpha value is -1.57. The average Bonchev–Trinajstić information content (AvgIpc) is 2.48. The summed E-state index contributed by atoms with van der Waals surface area (Å²) in [6, 6.07) is 5.08. The van der Waals surface area contributed by atoms with Crippen LogP contribution in [-0.4, -0.2) is 56.7 Å². The number of ether oxygens (including phenoxy) is 2. The summed E-state index contributed by atoms with van der Waals surface area (Å²) in [7, 11) is 1.52. The van der Waals surface area contributed by atoms with Gasteiger partial charge in [-0.15, -0.1) is 0 Å². The maximum absolute atomic E-state index is 9.71. The number of quaternary nitrogens is 1. The summed E-state index contributed by atoms with van der Waals surface area (Å²) >= 11 is 5.24. The van der Waals surface area contributed by atoms with Crippen molar-refractivity contribution in [2.24, 2.45) is 0 Å². The number of hydrogen-bond acceptors (Lipinski definition) is 4. The molecule has 21 heavy (non-hydrogen) atoms. The van der Waals surface area contributed by atoms with Gasteiger partial charge in [0.1, 0.15) is 13.1 Å². The van der Waals surface area contributed by atoms with Gasteiger partial charge in [0.05, 0.1) is 33.4 Å². The van der Waals surface area contributed by atoms with Crippen LogP contribution < -0.4 is 20.3 Å². The maximum atomic E-state index is 9.71. The molecule has 0 aromatic heterocycles. The van der Waals surface area contributed by atoms with Gasteiger partial charge in [0.25, 0.3) is 0 Å². The molecule has 1 fully saturated rings. The van der Waals surface area contributed by atoms with Gasteiger partial charge in [-0.1, -0.05) is 0 Å². The van der Waals surface area contributed by atoms with Crippen LogP contribution in [0.2, 0.25) is 0 Å². The molecule has 1 saturated heterocycles. The molecule has 0 amide bonds. The van der Waals surface area contributed by atoms with E-state index in [4.69, 9.17) is 21.7 Å². The Balaban J connectivity index is 1.72. The van der Waals surface area contributed by atoms with Crippen LogP contribution in [0.3, 0.4) is 0 Å². The van der Waals surface area contributed by atoms with Gasteiger partial charge >= 0.3 is 0 Å². The van der Waals surface area contributed by atoms with Crippen LogP contribution in [0.1, 0.15) is 0 Å². The first-order valence-electron chi connectivity index (χ1n) is 7.02. The number of rotatable bonds is 5. The van der Waals surface area contributed by atoms with Gasteiger partial charge in [-0.25, -0.2) is 0 Å². The second kappa shape index (κ2) is 8.02. The molecule has 0 bridgehead atoms. The second-order valence-corrected chi connectivity index (χ2v) is 5.29. The molecule has 0 atom stereocenters. The van der Waals surface area contributed by atoms with Gasteiger partial charge in [-0.05, 0) is 24.4 Å². The Morgan fingerprint density at radius 2 is 2.19 bits per heavy atom. The van der Waals surface area contributed by atoms with Gasteiger partial charge in [-0.3, -0.25) is 0 Å². The van der Waals surface area contributed by atoms with Crippen LogP contribution in [0.25, 0.3) is 0 Å². The standard InChI is InChI=1S/C14H21N3O3S/c1-19-13-3-2-11(10-12(13)18)16-14(21)15-4-5-17-6-8-20-9-7-17/h2-3,10,18H,4-9H2,1H3,(H2,15,16,21)/p+1. The van der Waals surface area contributed by atoms with E-state index >= 15 is 0 Å². The predicted molar refractivity (Wildman–Crippen MR) is 85.3 cm³/mol. The van der Waals surface area contributed by atoms with Gasteiger partial charge in [0.15, 0.2) is 16.6 Å². The lowest BCUT2D eigenvalue weighted by molar-refractivity contribution is -0.906. The fourth-order valence-corrected chi connectivity index (χ4v) is 2.43. The molecule has 6 nitrogen and oxygen atoms in total. The van der Waals surface area contributed by atoms with Crippen LogP contribution >= 0.6 is 12.2 Å². The number of nitrogens with one attached hydrogen (secondary N) is 3. The first-order chi connectivity index (χ1) is 10.2. The quantitative estimate of drug-likeness (QED) is 0.555. The number of aromatic hydroxyl groups is 1. The van der Waals surface area contributed by atoms with E-state index in [0.29, 0.717) is 10.9 Å². The van der Waals surface area contributed by atoms with Crippen molar-refractivity contribution in [2.45, 2.75) is 0 Å². The smallest absolute Gasteiger partial charge is 0.170 e. The number of phenols is 1. The molecule has 7 heteroatoms. The molecular formula is C14H22N3O3S+.